The van der Waals surface area contributed by atoms with Gasteiger partial charge < -0.3 is 9.30 Å². The quantitative estimate of drug-likeness (QED) is 0.879. The molecular weight excluding hydrogens is 232 g/mol. The Kier molecular flexibility index (Phi) is 4.16. The van der Waals surface area contributed by atoms with Gasteiger partial charge in [-0.2, -0.15) is 0 Å². The van der Waals surface area contributed by atoms with Crippen molar-refractivity contribution < 1.29 is 9.53 Å². The van der Waals surface area contributed by atoms with Gasteiger partial charge in [-0.15, -0.1) is 0 Å². The lowest BCUT2D eigenvalue weighted by Gasteiger charge is -2.20. The Morgan fingerprint density at radius 2 is 2.06 bits per heavy atom. The van der Waals surface area contributed by atoms with Crippen molar-refractivity contribution >= 4 is 11.8 Å². The Morgan fingerprint density at radius 1 is 1.44 bits per heavy atom. The Labute approximate surface area is 107 Å². The number of anilines is 1. The first kappa shape index (κ1) is 14.3. The number of nitrogens with zero attached hydrogens (tertiary/aromatic N) is 1. The lowest BCUT2D eigenvalue weighted by atomic mass is 10.2. The van der Waals surface area contributed by atoms with Crippen molar-refractivity contribution in [2.75, 3.05) is 5.32 Å². The Morgan fingerprint density at radius 3 is 2.56 bits per heavy atom. The average molecular weight is 252 g/mol. The highest BCUT2D eigenvalue weighted by molar-refractivity contribution is 5.85. The van der Waals surface area contributed by atoms with Crippen LogP contribution >= 0.6 is 0 Å². The summed E-state index contributed by atoms with van der Waals surface area (Å²) in [6.07, 6.45) is 1.09. The number of carbonyl (C=O) groups excluding carboxylic acids is 1. The minimum atomic E-state index is -0.614. The zero-order chi connectivity index (χ0) is 13.9. The van der Waals surface area contributed by atoms with Crippen molar-refractivity contribution in [1.82, 2.24) is 4.57 Å². The van der Waals surface area contributed by atoms with Gasteiger partial charge in [0, 0.05) is 12.7 Å². The molecule has 0 saturated heterocycles. The van der Waals surface area contributed by atoms with E-state index in [1.165, 1.54) is 4.57 Å². The van der Waals surface area contributed by atoms with Gasteiger partial charge in [0.15, 0.2) is 0 Å². The van der Waals surface area contributed by atoms with Crippen LogP contribution in [0.4, 0.5) is 10.5 Å². The van der Waals surface area contributed by atoms with Gasteiger partial charge in [0.05, 0.1) is 0 Å². The van der Waals surface area contributed by atoms with Gasteiger partial charge in [-0.3, -0.25) is 10.1 Å². The summed E-state index contributed by atoms with van der Waals surface area (Å²) >= 11 is 0. The van der Waals surface area contributed by atoms with E-state index in [9.17, 15) is 9.59 Å². The molecular formula is C13H20N2O3. The van der Waals surface area contributed by atoms with Crippen LogP contribution in [0.25, 0.3) is 0 Å². The fourth-order valence-corrected chi connectivity index (χ4v) is 1.47. The van der Waals surface area contributed by atoms with Gasteiger partial charge in [-0.25, -0.2) is 4.79 Å². The molecule has 0 radical (unpaired) electrons. The van der Waals surface area contributed by atoms with Gasteiger partial charge in [0.25, 0.3) is 5.56 Å². The van der Waals surface area contributed by atoms with Crippen molar-refractivity contribution in [3.05, 3.63) is 28.2 Å². The molecule has 1 N–H and O–H groups in total. The van der Waals surface area contributed by atoms with Crippen LogP contribution in [0.1, 0.15) is 33.3 Å². The first-order valence-electron chi connectivity index (χ1n) is 5.94. The number of aryl methyl sites for hydroxylation is 2. The van der Waals surface area contributed by atoms with Gasteiger partial charge in [0.2, 0.25) is 0 Å². The van der Waals surface area contributed by atoms with Crippen LogP contribution < -0.4 is 10.9 Å². The van der Waals surface area contributed by atoms with Crippen molar-refractivity contribution in [2.45, 2.75) is 46.8 Å². The smallest absolute Gasteiger partial charge is 0.412 e. The van der Waals surface area contributed by atoms with Gasteiger partial charge in [-0.05, 0) is 46.2 Å². The monoisotopic (exact) mass is 252 g/mol. The molecule has 1 heterocycles. The molecule has 0 aliphatic heterocycles. The molecule has 1 aromatic heterocycles. The molecule has 1 rings (SSSR count). The standard InChI is InChI=1S/C13H20N2O3/c1-6-15-8-7-9(2)10(11(15)16)14-12(17)18-13(3,4)5/h7-8H,6H2,1-5H3,(H,14,17). The summed E-state index contributed by atoms with van der Waals surface area (Å²) in [7, 11) is 0. The molecule has 5 heteroatoms. The van der Waals surface area contributed by atoms with Gasteiger partial charge in [-0.1, -0.05) is 0 Å². The number of hydrogen-bond donors (Lipinski definition) is 1. The fourth-order valence-electron chi connectivity index (χ4n) is 1.47. The summed E-state index contributed by atoms with van der Waals surface area (Å²) in [6, 6.07) is 1.79. The number of hydrogen-bond acceptors (Lipinski definition) is 3. The molecule has 1 amide bonds. The summed E-state index contributed by atoms with van der Waals surface area (Å²) < 4.78 is 6.65. The molecule has 0 unspecified atom stereocenters. The number of nitrogens with one attached hydrogen (secondary N) is 1. The number of rotatable bonds is 2. The number of carbonyl (C=O) groups is 1. The maximum atomic E-state index is 12.0. The summed E-state index contributed by atoms with van der Waals surface area (Å²) in [5, 5.41) is 2.52. The zero-order valence-corrected chi connectivity index (χ0v) is 11.5. The van der Waals surface area contributed by atoms with Crippen LogP contribution in [0.2, 0.25) is 0 Å². The number of amides is 1. The molecule has 0 bridgehead atoms. The van der Waals surface area contributed by atoms with E-state index in [4.69, 9.17) is 4.74 Å². The number of aromatic nitrogens is 1. The molecule has 0 atom stereocenters. The van der Waals surface area contributed by atoms with Crippen LogP contribution in [0.5, 0.6) is 0 Å². The van der Waals surface area contributed by atoms with Crippen LogP contribution in [0, 0.1) is 6.92 Å². The second-order valence-corrected chi connectivity index (χ2v) is 5.09. The van der Waals surface area contributed by atoms with Crippen molar-refractivity contribution in [3.63, 3.8) is 0 Å². The van der Waals surface area contributed by atoms with Crippen molar-refractivity contribution in [3.8, 4) is 0 Å². The van der Waals surface area contributed by atoms with E-state index in [2.05, 4.69) is 5.32 Å². The minimum absolute atomic E-state index is 0.219. The maximum Gasteiger partial charge on any atom is 0.412 e. The van der Waals surface area contributed by atoms with E-state index in [0.29, 0.717) is 6.54 Å². The molecule has 0 aliphatic carbocycles. The third kappa shape index (κ3) is 3.61. The lowest BCUT2D eigenvalue weighted by Crippen LogP contribution is -2.31. The number of ether oxygens (including phenoxy) is 1. The second-order valence-electron chi connectivity index (χ2n) is 5.09. The zero-order valence-electron chi connectivity index (χ0n) is 11.5. The minimum Gasteiger partial charge on any atom is -0.444 e. The molecule has 100 valence electrons. The largest absolute Gasteiger partial charge is 0.444 e. The molecule has 1 aromatic rings. The van der Waals surface area contributed by atoms with E-state index >= 15 is 0 Å². The molecule has 0 saturated carbocycles. The maximum absolute atomic E-state index is 12.0. The van der Waals surface area contributed by atoms with E-state index in [-0.39, 0.29) is 11.2 Å². The summed E-state index contributed by atoms with van der Waals surface area (Å²) in [6.45, 7) is 9.52. The SMILES string of the molecule is CCn1ccc(C)c(NC(=O)OC(C)(C)C)c1=O. The highest BCUT2D eigenvalue weighted by atomic mass is 16.6. The van der Waals surface area contributed by atoms with E-state index in [1.54, 1.807) is 40.0 Å². The van der Waals surface area contributed by atoms with Gasteiger partial charge in [0.1, 0.15) is 11.3 Å². The highest BCUT2D eigenvalue weighted by Crippen LogP contribution is 2.12. The Hall–Kier alpha value is -1.78. The first-order valence-corrected chi connectivity index (χ1v) is 5.94. The summed E-state index contributed by atoms with van der Waals surface area (Å²) in [4.78, 5) is 23.7. The summed E-state index contributed by atoms with van der Waals surface area (Å²) in [5.41, 5.74) is 0.184. The number of pyridine rings is 1. The molecule has 0 fully saturated rings. The Balaban J connectivity index is 2.98. The fraction of sp³-hybridized carbons (Fsp3) is 0.538. The van der Waals surface area contributed by atoms with E-state index in [0.717, 1.165) is 5.56 Å². The van der Waals surface area contributed by atoms with Crippen LogP contribution in [0.15, 0.2) is 17.1 Å². The third-order valence-corrected chi connectivity index (χ3v) is 2.34. The van der Waals surface area contributed by atoms with Gasteiger partial charge >= 0.3 is 6.09 Å². The van der Waals surface area contributed by atoms with Crippen LogP contribution in [-0.4, -0.2) is 16.3 Å². The van der Waals surface area contributed by atoms with Crippen LogP contribution in [0.3, 0.4) is 0 Å². The molecule has 0 aliphatic rings. The normalized spacial score (nSPS) is 11.2. The molecule has 5 nitrogen and oxygen atoms in total. The predicted octanol–water partition coefficient (Wildman–Crippen LogP) is 2.52. The lowest BCUT2D eigenvalue weighted by molar-refractivity contribution is 0.0635. The Bertz CT molecular complexity index is 498. The average Bonchev–Trinajstić information content (AvgIpc) is 2.22. The molecule has 0 spiro atoms. The van der Waals surface area contributed by atoms with E-state index < -0.39 is 11.7 Å². The highest BCUT2D eigenvalue weighted by Gasteiger charge is 2.18. The topological polar surface area (TPSA) is 60.3 Å². The molecule has 0 aromatic carbocycles. The van der Waals surface area contributed by atoms with E-state index in [1.807, 2.05) is 6.92 Å². The third-order valence-electron chi connectivity index (χ3n) is 2.34. The van der Waals surface area contributed by atoms with Crippen molar-refractivity contribution in [2.24, 2.45) is 0 Å². The van der Waals surface area contributed by atoms with Crippen molar-refractivity contribution in [1.29, 1.82) is 0 Å². The van der Waals surface area contributed by atoms with Crippen LogP contribution in [-0.2, 0) is 11.3 Å². The first-order chi connectivity index (χ1) is 8.24. The summed E-state index contributed by atoms with van der Waals surface area (Å²) in [5.74, 6) is 0. The predicted molar refractivity (Wildman–Crippen MR) is 71.0 cm³/mol. The molecule has 18 heavy (non-hydrogen) atoms. The second kappa shape index (κ2) is 5.25.